The van der Waals surface area contributed by atoms with Crippen molar-refractivity contribution < 1.29 is 14.7 Å². The standard InChI is InChI=1S/C9H14N2O3/c1-8(12)11(7-10)6-4-2-3-5-9(13)14/h2-6H2,1H3,(H,13,14). The van der Waals surface area contributed by atoms with Crippen LogP contribution in [0.1, 0.15) is 32.6 Å². The Balaban J connectivity index is 3.49. The highest BCUT2D eigenvalue weighted by Crippen LogP contribution is 2.01. The number of rotatable bonds is 6. The van der Waals surface area contributed by atoms with Crippen molar-refractivity contribution >= 4 is 11.9 Å². The highest BCUT2D eigenvalue weighted by atomic mass is 16.4. The lowest BCUT2D eigenvalue weighted by molar-refractivity contribution is -0.137. The van der Waals surface area contributed by atoms with Crippen molar-refractivity contribution in [3.05, 3.63) is 0 Å². The number of amides is 1. The minimum absolute atomic E-state index is 0.145. The summed E-state index contributed by atoms with van der Waals surface area (Å²) in [5, 5.41) is 16.8. The van der Waals surface area contributed by atoms with E-state index in [1.54, 1.807) is 6.19 Å². The Bertz CT molecular complexity index is 245. The molecule has 0 atom stereocenters. The van der Waals surface area contributed by atoms with Crippen molar-refractivity contribution in [1.29, 1.82) is 5.26 Å². The Kier molecular flexibility index (Phi) is 6.12. The Morgan fingerprint density at radius 3 is 2.43 bits per heavy atom. The van der Waals surface area contributed by atoms with E-state index in [-0.39, 0.29) is 12.3 Å². The van der Waals surface area contributed by atoms with Gasteiger partial charge in [0.15, 0.2) is 6.19 Å². The molecule has 14 heavy (non-hydrogen) atoms. The van der Waals surface area contributed by atoms with Gasteiger partial charge in [-0.1, -0.05) is 6.42 Å². The van der Waals surface area contributed by atoms with Crippen molar-refractivity contribution in [3.63, 3.8) is 0 Å². The van der Waals surface area contributed by atoms with E-state index < -0.39 is 5.97 Å². The lowest BCUT2D eigenvalue weighted by Crippen LogP contribution is -2.24. The summed E-state index contributed by atoms with van der Waals surface area (Å²) in [6, 6.07) is 0. The molecule has 0 aliphatic heterocycles. The molecule has 0 aliphatic rings. The first-order chi connectivity index (χ1) is 6.57. The molecule has 0 saturated heterocycles. The number of hydrogen-bond donors (Lipinski definition) is 1. The highest BCUT2D eigenvalue weighted by Gasteiger charge is 2.05. The van der Waals surface area contributed by atoms with E-state index in [1.165, 1.54) is 6.92 Å². The van der Waals surface area contributed by atoms with Crippen molar-refractivity contribution in [2.24, 2.45) is 0 Å². The third-order valence-corrected chi connectivity index (χ3v) is 1.77. The van der Waals surface area contributed by atoms with Gasteiger partial charge >= 0.3 is 5.97 Å². The zero-order valence-corrected chi connectivity index (χ0v) is 8.19. The van der Waals surface area contributed by atoms with Crippen molar-refractivity contribution in [2.75, 3.05) is 6.54 Å². The summed E-state index contributed by atoms with van der Waals surface area (Å²) in [5.41, 5.74) is 0. The van der Waals surface area contributed by atoms with Gasteiger partial charge in [-0.05, 0) is 12.8 Å². The minimum Gasteiger partial charge on any atom is -0.481 e. The summed E-state index contributed by atoms with van der Waals surface area (Å²) >= 11 is 0. The number of aliphatic carboxylic acids is 1. The summed E-state index contributed by atoms with van der Waals surface area (Å²) < 4.78 is 0. The van der Waals surface area contributed by atoms with Gasteiger partial charge in [-0.15, -0.1) is 0 Å². The number of unbranched alkanes of at least 4 members (excludes halogenated alkanes) is 2. The van der Waals surface area contributed by atoms with Gasteiger partial charge in [0.1, 0.15) is 0 Å². The number of nitrogens with zero attached hydrogens (tertiary/aromatic N) is 2. The number of carboxylic acids is 1. The maximum Gasteiger partial charge on any atom is 0.303 e. The lowest BCUT2D eigenvalue weighted by Gasteiger charge is -2.09. The van der Waals surface area contributed by atoms with Crippen LogP contribution in [0.5, 0.6) is 0 Å². The predicted molar refractivity (Wildman–Crippen MR) is 49.1 cm³/mol. The summed E-state index contributed by atoms with van der Waals surface area (Å²) in [6.07, 6.45) is 3.89. The zero-order valence-electron chi connectivity index (χ0n) is 8.19. The molecule has 0 rings (SSSR count). The Morgan fingerprint density at radius 1 is 1.36 bits per heavy atom. The monoisotopic (exact) mass is 198 g/mol. The van der Waals surface area contributed by atoms with Crippen LogP contribution in [-0.2, 0) is 9.59 Å². The van der Waals surface area contributed by atoms with Gasteiger partial charge in [-0.3, -0.25) is 9.59 Å². The van der Waals surface area contributed by atoms with Gasteiger partial charge in [0.25, 0.3) is 0 Å². The second kappa shape index (κ2) is 6.89. The van der Waals surface area contributed by atoms with Crippen LogP contribution in [0, 0.1) is 11.5 Å². The zero-order chi connectivity index (χ0) is 11.0. The first-order valence-electron chi connectivity index (χ1n) is 4.47. The third kappa shape index (κ3) is 6.00. The predicted octanol–water partition coefficient (Wildman–Crippen LogP) is 0.961. The Morgan fingerprint density at radius 2 is 2.00 bits per heavy atom. The second-order valence-electron chi connectivity index (χ2n) is 2.98. The number of carbonyl (C=O) groups is 2. The third-order valence-electron chi connectivity index (χ3n) is 1.77. The van der Waals surface area contributed by atoms with Gasteiger partial charge in [0, 0.05) is 19.9 Å². The van der Waals surface area contributed by atoms with E-state index >= 15 is 0 Å². The van der Waals surface area contributed by atoms with E-state index in [1.807, 2.05) is 0 Å². The molecule has 0 saturated carbocycles. The summed E-state index contributed by atoms with van der Waals surface area (Å²) in [4.78, 5) is 22.0. The Labute approximate surface area is 82.9 Å². The average molecular weight is 198 g/mol. The van der Waals surface area contributed by atoms with Crippen molar-refractivity contribution in [2.45, 2.75) is 32.6 Å². The summed E-state index contributed by atoms with van der Waals surface area (Å²) in [7, 11) is 0. The van der Waals surface area contributed by atoms with Crippen LogP contribution in [0.2, 0.25) is 0 Å². The number of nitriles is 1. The molecule has 5 heteroatoms. The molecular formula is C9H14N2O3. The van der Waals surface area contributed by atoms with Crippen LogP contribution in [0.15, 0.2) is 0 Å². The van der Waals surface area contributed by atoms with E-state index in [2.05, 4.69) is 0 Å². The van der Waals surface area contributed by atoms with Crippen LogP contribution < -0.4 is 0 Å². The molecule has 78 valence electrons. The number of hydrogen-bond acceptors (Lipinski definition) is 3. The number of carboxylic acid groups (broad SMARTS) is 1. The van der Waals surface area contributed by atoms with Crippen LogP contribution >= 0.6 is 0 Å². The van der Waals surface area contributed by atoms with Gasteiger partial charge in [-0.25, -0.2) is 4.90 Å². The van der Waals surface area contributed by atoms with Crippen LogP contribution in [0.3, 0.4) is 0 Å². The maximum atomic E-state index is 10.8. The quantitative estimate of drug-likeness (QED) is 0.391. The molecule has 0 aromatic heterocycles. The summed E-state index contributed by atoms with van der Waals surface area (Å²) in [5.74, 6) is -1.08. The molecule has 0 aromatic rings. The van der Waals surface area contributed by atoms with Crippen molar-refractivity contribution in [3.8, 4) is 6.19 Å². The van der Waals surface area contributed by atoms with Crippen LogP contribution in [0.25, 0.3) is 0 Å². The smallest absolute Gasteiger partial charge is 0.303 e. The fourth-order valence-corrected chi connectivity index (χ4v) is 1.00. The van der Waals surface area contributed by atoms with E-state index in [4.69, 9.17) is 10.4 Å². The Hall–Kier alpha value is -1.57. The minimum atomic E-state index is -0.811. The molecule has 0 heterocycles. The molecule has 1 N–H and O–H groups in total. The lowest BCUT2D eigenvalue weighted by atomic mass is 10.2. The van der Waals surface area contributed by atoms with Gasteiger partial charge in [0.05, 0.1) is 0 Å². The average Bonchev–Trinajstić information content (AvgIpc) is 2.10. The molecule has 0 fully saturated rings. The van der Waals surface area contributed by atoms with Gasteiger partial charge in [-0.2, -0.15) is 5.26 Å². The first-order valence-corrected chi connectivity index (χ1v) is 4.47. The fraction of sp³-hybridized carbons (Fsp3) is 0.667. The van der Waals surface area contributed by atoms with E-state index in [0.717, 1.165) is 11.3 Å². The molecule has 0 unspecified atom stereocenters. The van der Waals surface area contributed by atoms with Crippen molar-refractivity contribution in [1.82, 2.24) is 4.90 Å². The molecule has 0 aromatic carbocycles. The SMILES string of the molecule is CC(=O)N(C#N)CCCCCC(=O)O. The first kappa shape index (κ1) is 12.4. The number of carbonyl (C=O) groups excluding carboxylic acids is 1. The molecule has 0 spiro atoms. The summed E-state index contributed by atoms with van der Waals surface area (Å²) in [6.45, 7) is 1.71. The fourth-order valence-electron chi connectivity index (χ4n) is 1.00. The molecule has 0 bridgehead atoms. The molecule has 0 aliphatic carbocycles. The normalized spacial score (nSPS) is 9.14. The topological polar surface area (TPSA) is 81.4 Å². The largest absolute Gasteiger partial charge is 0.481 e. The van der Waals surface area contributed by atoms with E-state index in [0.29, 0.717) is 19.4 Å². The molecule has 1 amide bonds. The molecule has 0 radical (unpaired) electrons. The second-order valence-corrected chi connectivity index (χ2v) is 2.98. The molecular weight excluding hydrogens is 184 g/mol. The maximum absolute atomic E-state index is 10.8. The van der Waals surface area contributed by atoms with Gasteiger partial charge in [0.2, 0.25) is 5.91 Å². The van der Waals surface area contributed by atoms with Crippen LogP contribution in [0.4, 0.5) is 0 Å². The van der Waals surface area contributed by atoms with Crippen LogP contribution in [-0.4, -0.2) is 28.4 Å². The molecule has 5 nitrogen and oxygen atoms in total. The van der Waals surface area contributed by atoms with E-state index in [9.17, 15) is 9.59 Å². The van der Waals surface area contributed by atoms with Gasteiger partial charge < -0.3 is 5.11 Å². The highest BCUT2D eigenvalue weighted by molar-refractivity contribution is 5.74.